The van der Waals surface area contributed by atoms with Gasteiger partial charge in [-0.3, -0.25) is 4.79 Å². The van der Waals surface area contributed by atoms with Gasteiger partial charge in [0.05, 0.1) is 6.61 Å². The van der Waals surface area contributed by atoms with Crippen LogP contribution in [-0.2, 0) is 9.53 Å². The number of rotatable bonds is 5. The molecular formula is C13H24O2. The summed E-state index contributed by atoms with van der Waals surface area (Å²) in [5.74, 6) is 1.52. The van der Waals surface area contributed by atoms with Crippen molar-refractivity contribution in [2.75, 3.05) is 6.61 Å². The Kier molecular flexibility index (Phi) is 5.74. The van der Waals surface area contributed by atoms with Crippen molar-refractivity contribution in [3.05, 3.63) is 0 Å². The van der Waals surface area contributed by atoms with E-state index in [2.05, 4.69) is 6.92 Å². The van der Waals surface area contributed by atoms with Gasteiger partial charge in [0.15, 0.2) is 0 Å². The lowest BCUT2D eigenvalue weighted by molar-refractivity contribution is -0.144. The first-order valence-corrected chi connectivity index (χ1v) is 6.41. The van der Waals surface area contributed by atoms with Crippen LogP contribution in [0, 0.1) is 11.8 Å². The molecule has 0 amide bonds. The minimum atomic E-state index is -0.00329. The summed E-state index contributed by atoms with van der Waals surface area (Å²) >= 11 is 0. The molecule has 15 heavy (non-hydrogen) atoms. The molecule has 0 heterocycles. The third-order valence-corrected chi connectivity index (χ3v) is 3.42. The van der Waals surface area contributed by atoms with E-state index in [0.29, 0.717) is 18.9 Å². The van der Waals surface area contributed by atoms with Crippen LogP contribution in [0.3, 0.4) is 0 Å². The maximum Gasteiger partial charge on any atom is 0.306 e. The average Bonchev–Trinajstić information content (AvgIpc) is 2.22. The molecule has 0 aromatic rings. The van der Waals surface area contributed by atoms with Gasteiger partial charge in [0.2, 0.25) is 0 Å². The Bertz CT molecular complexity index is 181. The Balaban J connectivity index is 2.16. The molecule has 88 valence electrons. The van der Waals surface area contributed by atoms with Crippen molar-refractivity contribution in [1.29, 1.82) is 0 Å². The summed E-state index contributed by atoms with van der Waals surface area (Å²) < 4.78 is 4.98. The zero-order valence-electron chi connectivity index (χ0n) is 10.1. The Hall–Kier alpha value is -0.530. The first-order chi connectivity index (χ1) is 7.26. The zero-order valence-corrected chi connectivity index (χ0v) is 10.1. The Morgan fingerprint density at radius 2 is 1.73 bits per heavy atom. The second-order valence-electron chi connectivity index (χ2n) is 4.68. The van der Waals surface area contributed by atoms with E-state index in [0.717, 1.165) is 5.92 Å². The summed E-state index contributed by atoms with van der Waals surface area (Å²) in [5, 5.41) is 0. The molecule has 1 aliphatic carbocycles. The molecule has 0 atom stereocenters. The van der Waals surface area contributed by atoms with Crippen LogP contribution in [0.2, 0.25) is 0 Å². The van der Waals surface area contributed by atoms with Gasteiger partial charge >= 0.3 is 5.97 Å². The topological polar surface area (TPSA) is 26.3 Å². The maximum atomic E-state index is 11.3. The highest BCUT2D eigenvalue weighted by Gasteiger charge is 2.22. The molecule has 0 N–H and O–H groups in total. The number of ether oxygens (including phenoxy) is 1. The van der Waals surface area contributed by atoms with Crippen molar-refractivity contribution in [3.63, 3.8) is 0 Å². The lowest BCUT2D eigenvalue weighted by Crippen LogP contribution is -2.18. The van der Waals surface area contributed by atoms with Gasteiger partial charge < -0.3 is 4.74 Å². The fourth-order valence-electron chi connectivity index (χ4n) is 2.59. The maximum absolute atomic E-state index is 11.3. The molecule has 0 aromatic carbocycles. The lowest BCUT2D eigenvalue weighted by atomic mass is 9.79. The predicted molar refractivity (Wildman–Crippen MR) is 61.6 cm³/mol. The first-order valence-electron chi connectivity index (χ1n) is 6.41. The minimum Gasteiger partial charge on any atom is -0.466 e. The van der Waals surface area contributed by atoms with Crippen LogP contribution in [0.25, 0.3) is 0 Å². The van der Waals surface area contributed by atoms with Crippen LogP contribution in [0.15, 0.2) is 0 Å². The normalized spacial score (nSPS) is 26.3. The highest BCUT2D eigenvalue weighted by Crippen LogP contribution is 2.33. The smallest absolute Gasteiger partial charge is 0.306 e. The Morgan fingerprint density at radius 1 is 1.13 bits per heavy atom. The van der Waals surface area contributed by atoms with E-state index in [1.807, 2.05) is 6.92 Å². The van der Waals surface area contributed by atoms with E-state index < -0.39 is 0 Å². The van der Waals surface area contributed by atoms with Gasteiger partial charge in [-0.05, 0) is 31.6 Å². The molecule has 0 bridgehead atoms. The van der Waals surface area contributed by atoms with E-state index >= 15 is 0 Å². The van der Waals surface area contributed by atoms with Gasteiger partial charge in [0.25, 0.3) is 0 Å². The van der Waals surface area contributed by atoms with Gasteiger partial charge in [-0.25, -0.2) is 0 Å². The van der Waals surface area contributed by atoms with Gasteiger partial charge in [0.1, 0.15) is 0 Å². The lowest BCUT2D eigenvalue weighted by Gasteiger charge is -2.27. The summed E-state index contributed by atoms with van der Waals surface area (Å²) in [6.07, 6.45) is 8.40. The van der Waals surface area contributed by atoms with Gasteiger partial charge in [0, 0.05) is 6.42 Å². The second-order valence-corrected chi connectivity index (χ2v) is 4.68. The number of hydrogen-bond donors (Lipinski definition) is 0. The summed E-state index contributed by atoms with van der Waals surface area (Å²) in [4.78, 5) is 11.3. The third-order valence-electron chi connectivity index (χ3n) is 3.42. The van der Waals surface area contributed by atoms with Crippen LogP contribution in [0.4, 0.5) is 0 Å². The fourth-order valence-corrected chi connectivity index (χ4v) is 2.59. The molecule has 0 unspecified atom stereocenters. The van der Waals surface area contributed by atoms with Crippen LogP contribution < -0.4 is 0 Å². The molecule has 2 heteroatoms. The highest BCUT2D eigenvalue weighted by molar-refractivity contribution is 5.69. The molecule has 1 aliphatic rings. The Morgan fingerprint density at radius 3 is 2.27 bits per heavy atom. The van der Waals surface area contributed by atoms with E-state index in [9.17, 15) is 4.79 Å². The molecule has 1 fully saturated rings. The van der Waals surface area contributed by atoms with Crippen LogP contribution in [0.1, 0.15) is 58.8 Å². The molecule has 0 spiro atoms. The van der Waals surface area contributed by atoms with Crippen molar-refractivity contribution < 1.29 is 9.53 Å². The van der Waals surface area contributed by atoms with E-state index in [-0.39, 0.29) is 5.97 Å². The number of carbonyl (C=O) groups is 1. The summed E-state index contributed by atoms with van der Waals surface area (Å²) in [5.41, 5.74) is 0. The number of carbonyl (C=O) groups excluding carboxylic acids is 1. The molecule has 2 nitrogen and oxygen atoms in total. The minimum absolute atomic E-state index is 0.00329. The van der Waals surface area contributed by atoms with Crippen molar-refractivity contribution in [1.82, 2.24) is 0 Å². The third kappa shape index (κ3) is 4.67. The summed E-state index contributed by atoms with van der Waals surface area (Å²) in [6.45, 7) is 4.64. The predicted octanol–water partition coefficient (Wildman–Crippen LogP) is 3.55. The van der Waals surface area contributed by atoms with E-state index in [1.54, 1.807) is 0 Å². The van der Waals surface area contributed by atoms with Crippen molar-refractivity contribution in [2.24, 2.45) is 11.8 Å². The van der Waals surface area contributed by atoms with Crippen LogP contribution in [-0.4, -0.2) is 12.6 Å². The molecule has 1 saturated carbocycles. The summed E-state index contributed by atoms with van der Waals surface area (Å²) in [6, 6.07) is 0. The van der Waals surface area contributed by atoms with E-state index in [4.69, 9.17) is 4.74 Å². The zero-order chi connectivity index (χ0) is 11.1. The summed E-state index contributed by atoms with van der Waals surface area (Å²) in [7, 11) is 0. The van der Waals surface area contributed by atoms with Crippen molar-refractivity contribution >= 4 is 5.97 Å². The van der Waals surface area contributed by atoms with Crippen molar-refractivity contribution in [3.8, 4) is 0 Å². The number of hydrogen-bond acceptors (Lipinski definition) is 2. The highest BCUT2D eigenvalue weighted by atomic mass is 16.5. The van der Waals surface area contributed by atoms with Crippen molar-refractivity contribution in [2.45, 2.75) is 58.8 Å². The van der Waals surface area contributed by atoms with Gasteiger partial charge in [-0.15, -0.1) is 0 Å². The first kappa shape index (κ1) is 12.5. The Labute approximate surface area is 93.4 Å². The monoisotopic (exact) mass is 212 g/mol. The quantitative estimate of drug-likeness (QED) is 0.651. The van der Waals surface area contributed by atoms with E-state index in [1.165, 1.54) is 38.5 Å². The second kappa shape index (κ2) is 6.86. The number of esters is 1. The van der Waals surface area contributed by atoms with Gasteiger partial charge in [-0.2, -0.15) is 0 Å². The molecule has 0 saturated heterocycles. The van der Waals surface area contributed by atoms with Crippen LogP contribution in [0.5, 0.6) is 0 Å². The largest absolute Gasteiger partial charge is 0.466 e. The fraction of sp³-hybridized carbons (Fsp3) is 0.923. The molecule has 0 radical (unpaired) electrons. The standard InChI is InChI=1S/C13H24O2/c1-3-5-11-6-8-12(9-7-11)10-13(14)15-4-2/h11-12H,3-10H2,1-2H3. The molecule has 0 aromatic heterocycles. The molecule has 0 aliphatic heterocycles. The van der Waals surface area contributed by atoms with Gasteiger partial charge in [-0.1, -0.05) is 32.6 Å². The van der Waals surface area contributed by atoms with Crippen LogP contribution >= 0.6 is 0 Å². The average molecular weight is 212 g/mol. The molecular weight excluding hydrogens is 188 g/mol. The molecule has 1 rings (SSSR count). The SMILES string of the molecule is CCCC1CCC(CC(=O)OCC)CC1.